The number of benzene rings is 4. The number of carbonyl (C=O) groups excluding carboxylic acids is 4. The molecule has 356 valence electrons. The maximum Gasteiger partial charge on any atom is 0.251 e. The first-order valence-corrected chi connectivity index (χ1v) is 25.3. The zero-order chi connectivity index (χ0) is 47.8. The van der Waals surface area contributed by atoms with E-state index in [1.54, 1.807) is 0 Å². The van der Waals surface area contributed by atoms with Crippen molar-refractivity contribution in [3.63, 3.8) is 0 Å². The van der Waals surface area contributed by atoms with Crippen LogP contribution in [0.5, 0.6) is 0 Å². The number of carbonyl (C=O) groups is 4. The van der Waals surface area contributed by atoms with Crippen LogP contribution >= 0.6 is 0 Å². The largest absolute Gasteiger partial charge is 0.352 e. The van der Waals surface area contributed by atoms with Crippen LogP contribution in [0.1, 0.15) is 164 Å². The summed E-state index contributed by atoms with van der Waals surface area (Å²) in [6, 6.07) is 23.7. The monoisotopic (exact) mass is 905 g/mol. The van der Waals surface area contributed by atoms with Gasteiger partial charge in [-0.2, -0.15) is 0 Å². The number of nitrogens with one attached hydrogen (secondary N) is 4. The smallest absolute Gasteiger partial charge is 0.251 e. The first kappa shape index (κ1) is 48.2. The average Bonchev–Trinajstić information content (AvgIpc) is 3.98. The van der Waals surface area contributed by atoms with Crippen molar-refractivity contribution >= 4 is 23.6 Å². The SMILES string of the molecule is Cc1ccc(C(=O)NCCC2CC3C4CC(CCNC(=O)c5ccc(C)c(Cc6cc(C(=O)NC7CC(C)(C)CC(C)(CNC(=O)c8ccc(C)c(C)c8)C7)ccc6C)c5)C(C4)C3C2)cc1C. The Morgan fingerprint density at radius 3 is 1.61 bits per heavy atom. The van der Waals surface area contributed by atoms with Gasteiger partial charge in [-0.25, -0.2) is 0 Å². The van der Waals surface area contributed by atoms with Gasteiger partial charge in [0.25, 0.3) is 23.6 Å². The Kier molecular flexibility index (Phi) is 14.2. The molecule has 0 heterocycles. The number of amides is 4. The topological polar surface area (TPSA) is 116 Å². The van der Waals surface area contributed by atoms with Gasteiger partial charge in [0.2, 0.25) is 0 Å². The van der Waals surface area contributed by atoms with Crippen molar-refractivity contribution in [3.05, 3.63) is 140 Å². The average molecular weight is 905 g/mol. The second-order valence-corrected chi connectivity index (χ2v) is 22.9. The first-order chi connectivity index (χ1) is 31.8. The zero-order valence-electron chi connectivity index (χ0n) is 41.8. The number of fused-ring (bicyclic) bond motifs is 5. The molecule has 4 aromatic carbocycles. The van der Waals surface area contributed by atoms with Crippen molar-refractivity contribution in [2.75, 3.05) is 19.6 Å². The molecule has 0 spiro atoms. The molecule has 4 amide bonds. The third kappa shape index (κ3) is 11.2. The number of rotatable bonds is 15. The summed E-state index contributed by atoms with van der Waals surface area (Å²) < 4.78 is 0. The molecule has 2 bridgehead atoms. The fraction of sp³-hybridized carbons (Fsp3) is 0.525. The van der Waals surface area contributed by atoms with E-state index in [2.05, 4.69) is 76.7 Å². The van der Waals surface area contributed by atoms with E-state index in [1.807, 2.05) is 79.7 Å². The molecule has 67 heavy (non-hydrogen) atoms. The highest BCUT2D eigenvalue weighted by Gasteiger charge is 2.55. The Morgan fingerprint density at radius 1 is 0.522 bits per heavy atom. The molecule has 0 aromatic heterocycles. The van der Waals surface area contributed by atoms with Crippen molar-refractivity contribution in [1.29, 1.82) is 0 Å². The fourth-order valence-corrected chi connectivity index (χ4v) is 13.4. The van der Waals surface area contributed by atoms with Crippen LogP contribution in [0.2, 0.25) is 0 Å². The quantitative estimate of drug-likeness (QED) is 0.0951. The number of aryl methyl sites for hydroxylation is 6. The Hall–Kier alpha value is -5.24. The lowest BCUT2D eigenvalue weighted by atomic mass is 9.62. The van der Waals surface area contributed by atoms with Gasteiger partial charge in [-0.3, -0.25) is 19.2 Å². The van der Waals surface area contributed by atoms with Gasteiger partial charge < -0.3 is 21.3 Å². The van der Waals surface area contributed by atoms with Crippen LogP contribution in [0.25, 0.3) is 0 Å². The van der Waals surface area contributed by atoms with E-state index < -0.39 is 0 Å². The Bertz CT molecular complexity index is 2520. The third-order valence-corrected chi connectivity index (χ3v) is 16.9. The van der Waals surface area contributed by atoms with Crippen molar-refractivity contribution in [1.82, 2.24) is 21.3 Å². The standard InChI is InChI=1S/C59H76N4O4/c1-35-10-14-43(22-39(35)5)54(64)60-20-18-41-24-51-49-26-42(52(30-49)53(51)25-41)19-21-61-55(65)45-16-12-37(3)47(27-45)29-48-28-46(17-13-38(48)4)57(67)63-50-31-58(7,8)33-59(9,32-50)34-62-56(66)44-15-11-36(2)40(6)23-44/h10-17,22-23,27-28,41-42,49-53H,18-21,24-26,29-34H2,1-9H3,(H,60,64)(H,61,65)(H,62,66)(H,63,67). The Balaban J connectivity index is 0.812. The van der Waals surface area contributed by atoms with Crippen LogP contribution in [0.15, 0.2) is 72.8 Å². The molecule has 0 saturated heterocycles. The van der Waals surface area contributed by atoms with Crippen LogP contribution in [0.4, 0.5) is 0 Å². The van der Waals surface area contributed by atoms with Gasteiger partial charge in [-0.05, 0) is 245 Å². The second-order valence-electron chi connectivity index (χ2n) is 22.9. The highest BCUT2D eigenvalue weighted by molar-refractivity contribution is 5.96. The summed E-state index contributed by atoms with van der Waals surface area (Å²) in [6.45, 7) is 21.1. The highest BCUT2D eigenvalue weighted by Crippen LogP contribution is 2.63. The Labute approximate surface area is 400 Å². The minimum absolute atomic E-state index is 0.00577. The second kappa shape index (κ2) is 19.8. The molecule has 4 fully saturated rings. The van der Waals surface area contributed by atoms with E-state index >= 15 is 0 Å². The predicted octanol–water partition coefficient (Wildman–Crippen LogP) is 11.1. The van der Waals surface area contributed by atoms with Gasteiger partial charge in [0.1, 0.15) is 0 Å². The maximum atomic E-state index is 13.9. The summed E-state index contributed by atoms with van der Waals surface area (Å²) in [5, 5.41) is 13.1. The Morgan fingerprint density at radius 2 is 1.03 bits per heavy atom. The van der Waals surface area contributed by atoms with Crippen molar-refractivity contribution in [2.45, 2.75) is 133 Å². The number of hydrogen-bond donors (Lipinski definition) is 4. The lowest BCUT2D eigenvalue weighted by Crippen LogP contribution is -2.50. The summed E-state index contributed by atoms with van der Waals surface area (Å²) in [4.78, 5) is 53.5. The number of hydrogen-bond acceptors (Lipinski definition) is 4. The van der Waals surface area contributed by atoms with Gasteiger partial charge in [-0.1, -0.05) is 45.0 Å². The summed E-state index contributed by atoms with van der Waals surface area (Å²) >= 11 is 0. The summed E-state index contributed by atoms with van der Waals surface area (Å²) in [5.41, 5.74) is 11.6. The highest BCUT2D eigenvalue weighted by atomic mass is 16.2. The van der Waals surface area contributed by atoms with Crippen LogP contribution in [0.3, 0.4) is 0 Å². The molecule has 4 saturated carbocycles. The van der Waals surface area contributed by atoms with Crippen LogP contribution in [-0.4, -0.2) is 49.3 Å². The van der Waals surface area contributed by atoms with Gasteiger partial charge >= 0.3 is 0 Å². The van der Waals surface area contributed by atoms with Crippen molar-refractivity contribution in [3.8, 4) is 0 Å². The van der Waals surface area contributed by atoms with Gasteiger partial charge in [-0.15, -0.1) is 0 Å². The molecule has 8 atom stereocenters. The molecular weight excluding hydrogens is 829 g/mol. The fourth-order valence-electron chi connectivity index (χ4n) is 13.4. The zero-order valence-corrected chi connectivity index (χ0v) is 41.8. The van der Waals surface area contributed by atoms with E-state index in [9.17, 15) is 19.2 Å². The molecule has 0 radical (unpaired) electrons. The molecular formula is C59H76N4O4. The van der Waals surface area contributed by atoms with E-state index in [1.165, 1.54) is 36.8 Å². The van der Waals surface area contributed by atoms with Gasteiger partial charge in [0.15, 0.2) is 0 Å². The summed E-state index contributed by atoms with van der Waals surface area (Å²) in [7, 11) is 0. The van der Waals surface area contributed by atoms with Crippen LogP contribution in [0, 0.1) is 87.9 Å². The maximum absolute atomic E-state index is 13.9. The van der Waals surface area contributed by atoms with E-state index in [-0.39, 0.29) is 40.5 Å². The lowest BCUT2D eigenvalue weighted by molar-refractivity contribution is 0.0592. The van der Waals surface area contributed by atoms with Gasteiger partial charge in [0.05, 0.1) is 0 Å². The molecule has 8 heteroatoms. The van der Waals surface area contributed by atoms with Crippen molar-refractivity contribution < 1.29 is 19.2 Å². The summed E-state index contributed by atoms with van der Waals surface area (Å²) in [6.07, 6.45) is 10.5. The molecule has 4 N–H and O–H groups in total. The predicted molar refractivity (Wildman–Crippen MR) is 270 cm³/mol. The van der Waals surface area contributed by atoms with Crippen LogP contribution < -0.4 is 21.3 Å². The van der Waals surface area contributed by atoms with Gasteiger partial charge in [0, 0.05) is 47.9 Å². The van der Waals surface area contributed by atoms with E-state index in [0.29, 0.717) is 48.0 Å². The molecule has 4 aliphatic rings. The normalized spacial score (nSPS) is 25.9. The molecule has 4 aliphatic carbocycles. The van der Waals surface area contributed by atoms with E-state index in [4.69, 9.17) is 0 Å². The first-order valence-electron chi connectivity index (χ1n) is 25.3. The molecule has 8 rings (SSSR count). The molecule has 8 nitrogen and oxygen atoms in total. The van der Waals surface area contributed by atoms with Crippen LogP contribution in [-0.2, 0) is 6.42 Å². The molecule has 4 aromatic rings. The summed E-state index contributed by atoms with van der Waals surface area (Å²) in [5.74, 6) is 4.43. The minimum atomic E-state index is -0.173. The van der Waals surface area contributed by atoms with E-state index in [0.717, 1.165) is 101 Å². The third-order valence-electron chi connectivity index (χ3n) is 16.9. The molecule has 0 aliphatic heterocycles. The lowest BCUT2D eigenvalue weighted by Gasteiger charge is -2.47. The molecule has 8 unspecified atom stereocenters. The van der Waals surface area contributed by atoms with Crippen molar-refractivity contribution in [2.24, 2.45) is 46.3 Å². The minimum Gasteiger partial charge on any atom is -0.352 e.